The Hall–Kier alpha value is -3.26. The number of benzene rings is 2. The highest BCUT2D eigenvalue weighted by atomic mass is 32.1. The largest absolute Gasteiger partial charge is 0.507 e. The Morgan fingerprint density at radius 1 is 1.08 bits per heavy atom. The molecule has 0 saturated carbocycles. The van der Waals surface area contributed by atoms with Crippen LogP contribution in [0.4, 0.5) is 5.69 Å². The zero-order valence-electron chi connectivity index (χ0n) is 12.3. The fraction of sp³-hybridized carbons (Fsp3) is 0. The van der Waals surface area contributed by atoms with Gasteiger partial charge < -0.3 is 15.2 Å². The average Bonchev–Trinajstić information content (AvgIpc) is 2.90. The van der Waals surface area contributed by atoms with E-state index in [1.54, 1.807) is 24.3 Å². The van der Waals surface area contributed by atoms with Crippen LogP contribution in [0.15, 0.2) is 63.9 Å². The summed E-state index contributed by atoms with van der Waals surface area (Å²) in [6.45, 7) is 0. The number of H-pyrrole nitrogens is 1. The van der Waals surface area contributed by atoms with Gasteiger partial charge in [0, 0.05) is 10.9 Å². The van der Waals surface area contributed by atoms with Gasteiger partial charge in [-0.3, -0.25) is 5.43 Å². The van der Waals surface area contributed by atoms with E-state index in [0.29, 0.717) is 11.3 Å². The van der Waals surface area contributed by atoms with E-state index in [4.69, 9.17) is 12.2 Å². The highest BCUT2D eigenvalue weighted by Crippen LogP contribution is 2.35. The third-order valence-electron chi connectivity index (χ3n) is 3.20. The van der Waals surface area contributed by atoms with E-state index in [9.17, 15) is 10.2 Å². The second kappa shape index (κ2) is 6.88. The maximum absolute atomic E-state index is 9.87. The number of hydrogen-bond donors (Lipinski definition) is 4. The normalized spacial score (nSPS) is 11.5. The van der Waals surface area contributed by atoms with Crippen molar-refractivity contribution in [2.45, 2.75) is 0 Å². The van der Waals surface area contributed by atoms with Crippen molar-refractivity contribution in [2.24, 2.45) is 15.3 Å². The number of fused-ring (bicyclic) bond motifs is 1. The minimum atomic E-state index is -0.0829. The first-order valence-corrected chi connectivity index (χ1v) is 7.38. The molecule has 0 radical (unpaired) electrons. The number of phenols is 1. The van der Waals surface area contributed by atoms with E-state index in [-0.39, 0.29) is 16.7 Å². The van der Waals surface area contributed by atoms with Crippen LogP contribution in [0.1, 0.15) is 5.56 Å². The third kappa shape index (κ3) is 3.39. The zero-order chi connectivity index (χ0) is 16.9. The standard InChI is InChI=1S/C16H13N5O2S/c22-13-8-4-1-5-10(13)9-17-20-16(24)21-19-14-11-6-2-3-7-12(11)18-15(14)23/h1-9,18,22-23H,(H,20,24)/b17-9-,21-19?. The number of phenolic OH excluding ortho intramolecular Hbond substituents is 1. The Labute approximate surface area is 142 Å². The van der Waals surface area contributed by atoms with Crippen LogP contribution < -0.4 is 5.43 Å². The number of nitrogens with zero attached hydrogens (tertiary/aromatic N) is 3. The quantitative estimate of drug-likeness (QED) is 0.253. The highest BCUT2D eigenvalue weighted by molar-refractivity contribution is 7.80. The van der Waals surface area contributed by atoms with Crippen molar-refractivity contribution < 1.29 is 10.2 Å². The molecule has 8 heteroatoms. The summed E-state index contributed by atoms with van der Waals surface area (Å²) in [7, 11) is 0. The molecule has 0 amide bonds. The number of azo groups is 1. The highest BCUT2D eigenvalue weighted by Gasteiger charge is 2.09. The molecule has 0 atom stereocenters. The fourth-order valence-corrected chi connectivity index (χ4v) is 2.18. The number of rotatable bonds is 3. The molecule has 0 unspecified atom stereocenters. The van der Waals surface area contributed by atoms with E-state index in [0.717, 1.165) is 10.9 Å². The van der Waals surface area contributed by atoms with Gasteiger partial charge in [-0.2, -0.15) is 5.10 Å². The summed E-state index contributed by atoms with van der Waals surface area (Å²) in [6, 6.07) is 14.1. The van der Waals surface area contributed by atoms with Gasteiger partial charge in [-0.25, -0.2) is 0 Å². The summed E-state index contributed by atoms with van der Waals surface area (Å²) in [5, 5.41) is 31.9. The first kappa shape index (κ1) is 15.6. The second-order valence-electron chi connectivity index (χ2n) is 4.80. The first-order valence-electron chi connectivity index (χ1n) is 6.97. The topological polar surface area (TPSA) is 105 Å². The van der Waals surface area contributed by atoms with E-state index < -0.39 is 0 Å². The molecule has 0 spiro atoms. The van der Waals surface area contributed by atoms with E-state index in [1.165, 1.54) is 6.21 Å². The minimum Gasteiger partial charge on any atom is -0.507 e. The van der Waals surface area contributed by atoms with Crippen molar-refractivity contribution in [2.75, 3.05) is 0 Å². The van der Waals surface area contributed by atoms with Gasteiger partial charge >= 0.3 is 0 Å². The van der Waals surface area contributed by atoms with Gasteiger partial charge in [0.2, 0.25) is 11.0 Å². The molecule has 4 N–H and O–H groups in total. The molecule has 24 heavy (non-hydrogen) atoms. The summed E-state index contributed by atoms with van der Waals surface area (Å²) in [5.41, 5.74) is 4.12. The molecular weight excluding hydrogens is 326 g/mol. The molecule has 0 fully saturated rings. The van der Waals surface area contributed by atoms with Crippen molar-refractivity contribution in [1.29, 1.82) is 0 Å². The van der Waals surface area contributed by atoms with Crippen molar-refractivity contribution in [1.82, 2.24) is 10.4 Å². The van der Waals surface area contributed by atoms with Crippen molar-refractivity contribution in [3.05, 3.63) is 54.1 Å². The van der Waals surface area contributed by atoms with Crippen LogP contribution in [0.25, 0.3) is 10.9 Å². The number of thiocarbonyl (C=S) groups is 1. The number of aromatic hydroxyl groups is 2. The lowest BCUT2D eigenvalue weighted by molar-refractivity contribution is 0.459. The minimum absolute atomic E-state index is 0.0198. The van der Waals surface area contributed by atoms with Crippen LogP contribution in [-0.4, -0.2) is 26.5 Å². The predicted molar refractivity (Wildman–Crippen MR) is 95.9 cm³/mol. The Morgan fingerprint density at radius 2 is 1.83 bits per heavy atom. The molecule has 0 aliphatic heterocycles. The molecule has 3 rings (SSSR count). The third-order valence-corrected chi connectivity index (χ3v) is 3.37. The molecular formula is C16H13N5O2S. The summed E-state index contributed by atoms with van der Waals surface area (Å²) in [5.74, 6) is 0.0276. The van der Waals surface area contributed by atoms with Gasteiger partial charge in [-0.15, -0.1) is 10.2 Å². The predicted octanol–water partition coefficient (Wildman–Crippen LogP) is 3.57. The Morgan fingerprint density at radius 3 is 2.67 bits per heavy atom. The van der Waals surface area contributed by atoms with Crippen LogP contribution >= 0.6 is 12.2 Å². The van der Waals surface area contributed by atoms with Crippen molar-refractivity contribution in [3.63, 3.8) is 0 Å². The van der Waals surface area contributed by atoms with E-state index >= 15 is 0 Å². The summed E-state index contributed by atoms with van der Waals surface area (Å²) in [4.78, 5) is 2.80. The number of hydrogen-bond acceptors (Lipinski definition) is 5. The van der Waals surface area contributed by atoms with Gasteiger partial charge in [0.25, 0.3) is 0 Å². The smallest absolute Gasteiger partial charge is 0.234 e. The maximum Gasteiger partial charge on any atom is 0.234 e. The van der Waals surface area contributed by atoms with Crippen molar-refractivity contribution >= 4 is 40.1 Å². The molecule has 0 aliphatic carbocycles. The lowest BCUT2D eigenvalue weighted by Gasteiger charge is -1.97. The Balaban J connectivity index is 1.69. The van der Waals surface area contributed by atoms with Crippen LogP contribution in [0.3, 0.4) is 0 Å². The molecule has 0 bridgehead atoms. The Bertz CT molecular complexity index is 949. The fourth-order valence-electron chi connectivity index (χ4n) is 2.09. The monoisotopic (exact) mass is 339 g/mol. The molecule has 0 aliphatic rings. The number of hydrazone groups is 1. The average molecular weight is 339 g/mol. The molecule has 2 aromatic carbocycles. The SMILES string of the molecule is Oc1ccccc1/C=N\NC(=S)N=Nc1c(O)[nH]c2ccccc12. The van der Waals surface area contributed by atoms with E-state index in [2.05, 4.69) is 25.7 Å². The van der Waals surface area contributed by atoms with Crippen LogP contribution in [0.5, 0.6) is 11.6 Å². The zero-order valence-corrected chi connectivity index (χ0v) is 13.2. The summed E-state index contributed by atoms with van der Waals surface area (Å²) >= 11 is 5.00. The Kier molecular flexibility index (Phi) is 4.48. The van der Waals surface area contributed by atoms with Gasteiger partial charge in [0.1, 0.15) is 5.75 Å². The van der Waals surface area contributed by atoms with Crippen LogP contribution in [0.2, 0.25) is 0 Å². The van der Waals surface area contributed by atoms with E-state index in [1.807, 2.05) is 24.3 Å². The molecule has 0 saturated heterocycles. The molecule has 1 aromatic heterocycles. The number of nitrogens with one attached hydrogen (secondary N) is 2. The molecule has 120 valence electrons. The van der Waals surface area contributed by atoms with Gasteiger partial charge in [0.05, 0.1) is 11.7 Å². The van der Waals surface area contributed by atoms with Crippen molar-refractivity contribution in [3.8, 4) is 11.6 Å². The van der Waals surface area contributed by atoms with Gasteiger partial charge in [0.15, 0.2) is 5.69 Å². The van der Waals surface area contributed by atoms with Crippen LogP contribution in [0, 0.1) is 0 Å². The molecule has 1 heterocycles. The van der Waals surface area contributed by atoms with Gasteiger partial charge in [-0.1, -0.05) is 30.3 Å². The molecule has 3 aromatic rings. The molecule has 7 nitrogen and oxygen atoms in total. The lowest BCUT2D eigenvalue weighted by atomic mass is 10.2. The maximum atomic E-state index is 9.87. The van der Waals surface area contributed by atoms with Crippen LogP contribution in [-0.2, 0) is 0 Å². The lowest BCUT2D eigenvalue weighted by Crippen LogP contribution is -2.11. The number of para-hydroxylation sites is 2. The second-order valence-corrected chi connectivity index (χ2v) is 5.19. The summed E-state index contributed by atoms with van der Waals surface area (Å²) in [6.07, 6.45) is 1.42. The number of aromatic nitrogens is 1. The summed E-state index contributed by atoms with van der Waals surface area (Å²) < 4.78 is 0. The first-order chi connectivity index (χ1) is 11.6. The number of aromatic amines is 1. The van der Waals surface area contributed by atoms with Gasteiger partial charge in [-0.05, 0) is 30.4 Å².